The molecule has 0 saturated carbocycles. The van der Waals surface area contributed by atoms with E-state index in [4.69, 9.17) is 0 Å². The summed E-state index contributed by atoms with van der Waals surface area (Å²) in [5, 5.41) is 0. The number of likely N-dealkylation sites (tertiary alicyclic amines) is 1. The Morgan fingerprint density at radius 3 is 2.59 bits per heavy atom. The van der Waals surface area contributed by atoms with Gasteiger partial charge in [0.2, 0.25) is 0 Å². The largest absolute Gasteiger partial charge is 0.415 e. The summed E-state index contributed by atoms with van der Waals surface area (Å²) in [5.74, 6) is 0. The average molecular weight is 237 g/mol. The first kappa shape index (κ1) is 12.1. The lowest BCUT2D eigenvalue weighted by Gasteiger charge is -2.33. The molecule has 1 aromatic rings. The lowest BCUT2D eigenvalue weighted by molar-refractivity contribution is -0.670. The van der Waals surface area contributed by atoms with E-state index in [1.165, 1.54) is 0 Å². The summed E-state index contributed by atoms with van der Waals surface area (Å²) in [6.45, 7) is 2.14. The molecule has 1 saturated heterocycles. The number of piperidine rings is 1. The Labute approximate surface area is 102 Å². The number of amides is 1. The van der Waals surface area contributed by atoms with Crippen LogP contribution in [0.1, 0.15) is 12.8 Å². The standard InChI is InChI=1S/C12H21N4O/c1-13-6-4-11(5-7-13)15(3)12(17)16-9-8-14(2)10-16/h8-11H,4-7H2,1-3H3/q+1. The van der Waals surface area contributed by atoms with E-state index in [-0.39, 0.29) is 6.03 Å². The maximum atomic E-state index is 12.2. The van der Waals surface area contributed by atoms with Crippen LogP contribution in [0.25, 0.3) is 0 Å². The lowest BCUT2D eigenvalue weighted by Crippen LogP contribution is -2.45. The highest BCUT2D eigenvalue weighted by molar-refractivity contribution is 5.76. The Bertz CT molecular complexity index is 393. The number of hydrogen-bond donors (Lipinski definition) is 0. The summed E-state index contributed by atoms with van der Waals surface area (Å²) < 4.78 is 3.51. The minimum absolute atomic E-state index is 0.0557. The highest BCUT2D eigenvalue weighted by Gasteiger charge is 2.27. The van der Waals surface area contributed by atoms with Crippen LogP contribution in [0.5, 0.6) is 0 Å². The third-order valence-corrected chi connectivity index (χ3v) is 3.53. The number of carbonyl (C=O) groups is 1. The first-order valence-electron chi connectivity index (χ1n) is 6.07. The minimum Gasteiger partial charge on any atom is -0.306 e. The van der Waals surface area contributed by atoms with E-state index < -0.39 is 0 Å². The molecule has 5 nitrogen and oxygen atoms in total. The number of aromatic nitrogens is 2. The Kier molecular flexibility index (Phi) is 3.47. The van der Waals surface area contributed by atoms with E-state index in [1.807, 2.05) is 29.8 Å². The Balaban J connectivity index is 2.00. The van der Waals surface area contributed by atoms with Gasteiger partial charge in [0.25, 0.3) is 6.33 Å². The predicted octanol–water partition coefficient (Wildman–Crippen LogP) is 0.307. The van der Waals surface area contributed by atoms with E-state index >= 15 is 0 Å². The molecular formula is C12H21N4O+. The summed E-state index contributed by atoms with van der Waals surface area (Å²) in [6.07, 6.45) is 7.60. The molecule has 0 bridgehead atoms. The van der Waals surface area contributed by atoms with Gasteiger partial charge in [-0.1, -0.05) is 0 Å². The topological polar surface area (TPSA) is 32.4 Å². The summed E-state index contributed by atoms with van der Waals surface area (Å²) in [5.41, 5.74) is 0. The van der Waals surface area contributed by atoms with E-state index in [0.717, 1.165) is 25.9 Å². The van der Waals surface area contributed by atoms with Crippen molar-refractivity contribution in [3.05, 3.63) is 18.7 Å². The Morgan fingerprint density at radius 2 is 2.06 bits per heavy atom. The maximum Gasteiger partial charge on any atom is 0.415 e. The fraction of sp³-hybridized carbons (Fsp3) is 0.667. The molecule has 0 spiro atoms. The van der Waals surface area contributed by atoms with Gasteiger partial charge >= 0.3 is 6.03 Å². The Morgan fingerprint density at radius 1 is 1.41 bits per heavy atom. The van der Waals surface area contributed by atoms with Crippen LogP contribution in [0.3, 0.4) is 0 Å². The molecule has 0 radical (unpaired) electrons. The zero-order chi connectivity index (χ0) is 12.4. The van der Waals surface area contributed by atoms with Gasteiger partial charge in [-0.2, -0.15) is 4.57 Å². The molecule has 0 unspecified atom stereocenters. The summed E-state index contributed by atoms with van der Waals surface area (Å²) in [7, 11) is 5.95. The molecule has 0 N–H and O–H groups in total. The van der Waals surface area contributed by atoms with Gasteiger partial charge in [0.1, 0.15) is 12.4 Å². The average Bonchev–Trinajstić information content (AvgIpc) is 2.75. The SMILES string of the molecule is CN1CCC(N(C)C(=O)n2cc[n+](C)c2)CC1. The minimum atomic E-state index is 0.0557. The van der Waals surface area contributed by atoms with Crippen LogP contribution in [0.2, 0.25) is 0 Å². The number of imidazole rings is 1. The molecule has 5 heteroatoms. The zero-order valence-electron chi connectivity index (χ0n) is 10.8. The molecule has 0 atom stereocenters. The van der Waals surface area contributed by atoms with Crippen molar-refractivity contribution in [2.75, 3.05) is 27.2 Å². The van der Waals surface area contributed by atoms with Crippen molar-refractivity contribution in [2.24, 2.45) is 7.05 Å². The monoisotopic (exact) mass is 237 g/mol. The van der Waals surface area contributed by atoms with Crippen LogP contribution in [0, 0.1) is 0 Å². The fourth-order valence-electron chi connectivity index (χ4n) is 2.28. The molecule has 0 aromatic carbocycles. The second-order valence-corrected chi connectivity index (χ2v) is 4.91. The van der Waals surface area contributed by atoms with Crippen LogP contribution < -0.4 is 4.57 Å². The second-order valence-electron chi connectivity index (χ2n) is 4.91. The molecule has 1 aliphatic heterocycles. The van der Waals surface area contributed by atoms with Gasteiger partial charge in [-0.05, 0) is 33.0 Å². The van der Waals surface area contributed by atoms with Crippen molar-refractivity contribution in [2.45, 2.75) is 18.9 Å². The second kappa shape index (κ2) is 4.87. The van der Waals surface area contributed by atoms with Crippen molar-refractivity contribution in [1.82, 2.24) is 14.4 Å². The van der Waals surface area contributed by atoms with E-state index in [9.17, 15) is 4.79 Å². The van der Waals surface area contributed by atoms with Gasteiger partial charge in [0, 0.05) is 13.1 Å². The fourth-order valence-corrected chi connectivity index (χ4v) is 2.28. The van der Waals surface area contributed by atoms with Gasteiger partial charge < -0.3 is 9.80 Å². The molecule has 1 fully saturated rings. The van der Waals surface area contributed by atoms with Crippen molar-refractivity contribution in [3.8, 4) is 0 Å². The molecule has 1 amide bonds. The van der Waals surface area contributed by atoms with Gasteiger partial charge in [0.15, 0.2) is 0 Å². The molecule has 0 aliphatic carbocycles. The Hall–Kier alpha value is -1.36. The van der Waals surface area contributed by atoms with E-state index in [2.05, 4.69) is 11.9 Å². The normalized spacial score (nSPS) is 18.3. The number of nitrogens with zero attached hydrogens (tertiary/aromatic N) is 4. The van der Waals surface area contributed by atoms with Gasteiger partial charge in [-0.15, -0.1) is 0 Å². The van der Waals surface area contributed by atoms with Crippen molar-refractivity contribution >= 4 is 6.03 Å². The summed E-state index contributed by atoms with van der Waals surface area (Å²) in [6, 6.07) is 0.423. The number of hydrogen-bond acceptors (Lipinski definition) is 2. The van der Waals surface area contributed by atoms with Crippen LogP contribution in [-0.2, 0) is 7.05 Å². The van der Waals surface area contributed by atoms with Crippen LogP contribution in [0.4, 0.5) is 4.79 Å². The zero-order valence-corrected chi connectivity index (χ0v) is 10.8. The third kappa shape index (κ3) is 2.66. The molecule has 1 aromatic heterocycles. The molecule has 17 heavy (non-hydrogen) atoms. The van der Waals surface area contributed by atoms with Crippen molar-refractivity contribution < 1.29 is 9.36 Å². The summed E-state index contributed by atoms with van der Waals surface area (Å²) in [4.78, 5) is 16.4. The molecular weight excluding hydrogens is 216 g/mol. The predicted molar refractivity (Wildman–Crippen MR) is 64.7 cm³/mol. The van der Waals surface area contributed by atoms with Crippen LogP contribution in [0.15, 0.2) is 18.7 Å². The quantitative estimate of drug-likeness (QED) is 0.658. The van der Waals surface area contributed by atoms with E-state index in [0.29, 0.717) is 6.04 Å². The first-order chi connectivity index (χ1) is 8.08. The third-order valence-electron chi connectivity index (χ3n) is 3.53. The highest BCUT2D eigenvalue weighted by atomic mass is 16.2. The molecule has 2 rings (SSSR count). The van der Waals surface area contributed by atoms with Gasteiger partial charge in [-0.25, -0.2) is 9.36 Å². The van der Waals surface area contributed by atoms with Crippen LogP contribution >= 0.6 is 0 Å². The first-order valence-corrected chi connectivity index (χ1v) is 6.07. The summed E-state index contributed by atoms with van der Waals surface area (Å²) >= 11 is 0. The maximum absolute atomic E-state index is 12.2. The molecule has 1 aliphatic rings. The number of carbonyl (C=O) groups excluding carboxylic acids is 1. The van der Waals surface area contributed by atoms with Crippen molar-refractivity contribution in [3.63, 3.8) is 0 Å². The van der Waals surface area contributed by atoms with Gasteiger partial charge in [-0.3, -0.25) is 0 Å². The highest BCUT2D eigenvalue weighted by Crippen LogP contribution is 2.14. The number of aryl methyl sites for hydroxylation is 1. The van der Waals surface area contributed by atoms with Crippen molar-refractivity contribution in [1.29, 1.82) is 0 Å². The van der Waals surface area contributed by atoms with Crippen LogP contribution in [-0.4, -0.2) is 53.6 Å². The molecule has 2 heterocycles. The molecule has 94 valence electrons. The lowest BCUT2D eigenvalue weighted by atomic mass is 10.0. The smallest absolute Gasteiger partial charge is 0.306 e. The van der Waals surface area contributed by atoms with E-state index in [1.54, 1.807) is 17.1 Å². The number of rotatable bonds is 1. The van der Waals surface area contributed by atoms with Gasteiger partial charge in [0.05, 0.1) is 7.05 Å².